The van der Waals surface area contributed by atoms with Crippen LogP contribution in [-0.2, 0) is 19.0 Å². The Morgan fingerprint density at radius 1 is 1.04 bits per heavy atom. The number of ether oxygens (including phenoxy) is 3. The number of nitrogens with one attached hydrogen (secondary N) is 1. The van der Waals surface area contributed by atoms with Crippen molar-refractivity contribution in [1.82, 2.24) is 5.32 Å². The van der Waals surface area contributed by atoms with Gasteiger partial charge in [0.2, 0.25) is 5.91 Å². The van der Waals surface area contributed by atoms with Crippen molar-refractivity contribution < 1.29 is 49.6 Å². The van der Waals surface area contributed by atoms with E-state index in [-0.39, 0.29) is 0 Å². The molecule has 0 aromatic carbocycles. The van der Waals surface area contributed by atoms with Crippen LogP contribution in [0, 0.1) is 0 Å². The van der Waals surface area contributed by atoms with E-state index < -0.39 is 73.9 Å². The van der Waals surface area contributed by atoms with Crippen molar-refractivity contribution in [1.29, 1.82) is 0 Å². The summed E-state index contributed by atoms with van der Waals surface area (Å²) in [6, 6.07) is -1.23. The number of rotatable bonds is 4. The van der Waals surface area contributed by atoms with Crippen molar-refractivity contribution >= 4 is 5.91 Å². The first kappa shape index (κ1) is 20.4. The van der Waals surface area contributed by atoms with Crippen LogP contribution in [0.5, 0.6) is 0 Å². The van der Waals surface area contributed by atoms with E-state index in [1.807, 2.05) is 0 Å². The summed E-state index contributed by atoms with van der Waals surface area (Å²) < 4.78 is 15.8. The van der Waals surface area contributed by atoms with Gasteiger partial charge in [-0.2, -0.15) is 0 Å². The van der Waals surface area contributed by atoms with Crippen LogP contribution in [0.3, 0.4) is 0 Å². The molecular formula is C14H25NO10. The summed E-state index contributed by atoms with van der Waals surface area (Å²) in [5.41, 5.74) is 0. The first-order chi connectivity index (χ1) is 11.7. The summed E-state index contributed by atoms with van der Waals surface area (Å²) in [5.74, 6) is -0.544. The lowest BCUT2D eigenvalue weighted by molar-refractivity contribution is -0.338. The zero-order valence-corrected chi connectivity index (χ0v) is 13.8. The van der Waals surface area contributed by atoms with E-state index in [0.717, 1.165) is 0 Å². The molecule has 25 heavy (non-hydrogen) atoms. The molecule has 2 heterocycles. The molecule has 7 N–H and O–H groups in total. The fourth-order valence-corrected chi connectivity index (χ4v) is 2.91. The van der Waals surface area contributed by atoms with Gasteiger partial charge >= 0.3 is 0 Å². The molecule has 0 radical (unpaired) electrons. The zero-order valence-electron chi connectivity index (χ0n) is 13.8. The van der Waals surface area contributed by atoms with Crippen LogP contribution in [0.25, 0.3) is 0 Å². The standard InChI is InChI=1S/C14H25NO10/c1-4-8(18)12(11(21)13(22)23-4)25-14-7(15-5(2)17)10(20)9(19)6(3-16)24-14/h4,6-14,16,18-22H,3H2,1-2H3,(H,15,17)/t4-,6+,7-,8-,9+,10+,11+,12+,13-,14-/m0/s1. The molecule has 0 aromatic rings. The Labute approximate surface area is 143 Å². The second kappa shape index (κ2) is 8.20. The molecule has 2 aliphatic heterocycles. The Hall–Kier alpha value is -0.890. The Kier molecular flexibility index (Phi) is 6.70. The Morgan fingerprint density at radius 2 is 1.68 bits per heavy atom. The molecule has 0 bridgehead atoms. The minimum atomic E-state index is -1.62. The predicted octanol–water partition coefficient (Wildman–Crippen LogP) is -4.23. The third-order valence-corrected chi connectivity index (χ3v) is 4.34. The molecule has 10 atom stereocenters. The molecule has 146 valence electrons. The van der Waals surface area contributed by atoms with Crippen LogP contribution >= 0.6 is 0 Å². The molecule has 0 saturated carbocycles. The number of carbonyl (C=O) groups is 1. The van der Waals surface area contributed by atoms with Crippen molar-refractivity contribution in [3.8, 4) is 0 Å². The van der Waals surface area contributed by atoms with E-state index in [4.69, 9.17) is 14.2 Å². The topological polar surface area (TPSA) is 178 Å². The average molecular weight is 367 g/mol. The number of aliphatic hydroxyl groups is 6. The highest BCUT2D eigenvalue weighted by Gasteiger charge is 2.50. The lowest BCUT2D eigenvalue weighted by Gasteiger charge is -2.46. The van der Waals surface area contributed by atoms with Gasteiger partial charge in [0.1, 0.15) is 42.7 Å². The second-order valence-corrected chi connectivity index (χ2v) is 6.25. The number of amides is 1. The van der Waals surface area contributed by atoms with E-state index in [1.54, 1.807) is 0 Å². The summed E-state index contributed by atoms with van der Waals surface area (Å²) in [6.07, 6.45) is -12.4. The molecule has 0 aliphatic carbocycles. The molecule has 2 fully saturated rings. The highest BCUT2D eigenvalue weighted by Crippen LogP contribution is 2.28. The minimum absolute atomic E-state index is 0.544. The molecule has 11 nitrogen and oxygen atoms in total. The quantitative estimate of drug-likeness (QED) is 0.257. The maximum Gasteiger partial charge on any atom is 0.217 e. The third-order valence-electron chi connectivity index (χ3n) is 4.34. The van der Waals surface area contributed by atoms with Crippen LogP contribution < -0.4 is 5.32 Å². The van der Waals surface area contributed by atoms with Crippen molar-refractivity contribution in [2.45, 2.75) is 75.2 Å². The third kappa shape index (κ3) is 4.27. The highest BCUT2D eigenvalue weighted by molar-refractivity contribution is 5.73. The predicted molar refractivity (Wildman–Crippen MR) is 78.8 cm³/mol. The van der Waals surface area contributed by atoms with E-state index in [0.29, 0.717) is 0 Å². The monoisotopic (exact) mass is 367 g/mol. The van der Waals surface area contributed by atoms with Crippen LogP contribution in [0.1, 0.15) is 13.8 Å². The van der Waals surface area contributed by atoms with Gasteiger partial charge in [-0.25, -0.2) is 0 Å². The van der Waals surface area contributed by atoms with Gasteiger partial charge in [0.15, 0.2) is 12.6 Å². The van der Waals surface area contributed by atoms with Gasteiger partial charge in [0, 0.05) is 6.92 Å². The Morgan fingerprint density at radius 3 is 2.24 bits per heavy atom. The van der Waals surface area contributed by atoms with Crippen LogP contribution in [0.2, 0.25) is 0 Å². The molecule has 0 aromatic heterocycles. The average Bonchev–Trinajstić information content (AvgIpc) is 2.55. The fraction of sp³-hybridized carbons (Fsp3) is 0.929. The van der Waals surface area contributed by atoms with Gasteiger partial charge in [-0.05, 0) is 6.92 Å². The van der Waals surface area contributed by atoms with Crippen LogP contribution in [0.15, 0.2) is 0 Å². The van der Waals surface area contributed by atoms with E-state index in [1.165, 1.54) is 13.8 Å². The molecular weight excluding hydrogens is 342 g/mol. The summed E-state index contributed by atoms with van der Waals surface area (Å²) in [6.45, 7) is 2.00. The second-order valence-electron chi connectivity index (χ2n) is 6.25. The van der Waals surface area contributed by atoms with Gasteiger partial charge in [-0.15, -0.1) is 0 Å². The Balaban J connectivity index is 2.21. The SMILES string of the molecule is CC(=O)N[C@@H]1[C@H](O[C@@H]2[C@@H](O)[C@H](C)O[C@H](O)[C@@H]2O)O[C@H](CO)[C@@H](O)[C@@H]1O. The molecule has 2 rings (SSSR count). The molecule has 0 spiro atoms. The van der Waals surface area contributed by atoms with E-state index >= 15 is 0 Å². The van der Waals surface area contributed by atoms with Gasteiger partial charge in [0.25, 0.3) is 0 Å². The summed E-state index contributed by atoms with van der Waals surface area (Å²) in [5, 5.41) is 61.6. The number of hydrogen-bond donors (Lipinski definition) is 7. The molecule has 2 saturated heterocycles. The molecule has 11 heteroatoms. The smallest absolute Gasteiger partial charge is 0.217 e. The fourth-order valence-electron chi connectivity index (χ4n) is 2.91. The molecule has 0 unspecified atom stereocenters. The minimum Gasteiger partial charge on any atom is -0.394 e. The van der Waals surface area contributed by atoms with Crippen LogP contribution in [0.4, 0.5) is 0 Å². The lowest BCUT2D eigenvalue weighted by atomic mass is 9.95. The number of carbonyl (C=O) groups excluding carboxylic acids is 1. The number of aliphatic hydroxyl groups excluding tert-OH is 6. The molecule has 2 aliphatic rings. The summed E-state index contributed by atoms with van der Waals surface area (Å²) in [4.78, 5) is 11.4. The van der Waals surface area contributed by atoms with Crippen molar-refractivity contribution in [3.05, 3.63) is 0 Å². The first-order valence-corrected chi connectivity index (χ1v) is 7.92. The largest absolute Gasteiger partial charge is 0.394 e. The zero-order chi connectivity index (χ0) is 18.9. The Bertz CT molecular complexity index is 451. The first-order valence-electron chi connectivity index (χ1n) is 7.92. The highest BCUT2D eigenvalue weighted by atomic mass is 16.7. The van der Waals surface area contributed by atoms with Gasteiger partial charge in [-0.1, -0.05) is 0 Å². The maximum absolute atomic E-state index is 11.4. The van der Waals surface area contributed by atoms with Crippen molar-refractivity contribution in [2.75, 3.05) is 6.61 Å². The van der Waals surface area contributed by atoms with Crippen molar-refractivity contribution in [3.63, 3.8) is 0 Å². The van der Waals surface area contributed by atoms with Crippen LogP contribution in [-0.4, -0.2) is 105 Å². The molecule has 1 amide bonds. The maximum atomic E-state index is 11.4. The van der Waals surface area contributed by atoms with Gasteiger partial charge < -0.3 is 50.2 Å². The number of hydrogen-bond acceptors (Lipinski definition) is 10. The van der Waals surface area contributed by atoms with Crippen molar-refractivity contribution in [2.24, 2.45) is 0 Å². The summed E-state index contributed by atoms with van der Waals surface area (Å²) in [7, 11) is 0. The van der Waals surface area contributed by atoms with E-state index in [2.05, 4.69) is 5.32 Å². The normalized spacial score (nSPS) is 48.2. The lowest BCUT2D eigenvalue weighted by Crippen LogP contribution is -2.67. The van der Waals surface area contributed by atoms with E-state index in [9.17, 15) is 35.4 Å². The summed E-state index contributed by atoms with van der Waals surface area (Å²) >= 11 is 0. The van der Waals surface area contributed by atoms with Gasteiger partial charge in [0.05, 0.1) is 12.7 Å². The van der Waals surface area contributed by atoms with Gasteiger partial charge in [-0.3, -0.25) is 4.79 Å².